The van der Waals surface area contributed by atoms with Gasteiger partial charge in [0, 0.05) is 16.8 Å². The van der Waals surface area contributed by atoms with Gasteiger partial charge in [-0.1, -0.05) is 0 Å². The summed E-state index contributed by atoms with van der Waals surface area (Å²) in [5.41, 5.74) is 6.95. The first-order chi connectivity index (χ1) is 10.6. The lowest BCUT2D eigenvalue weighted by molar-refractivity contribution is 0.0929. The molecule has 0 aliphatic heterocycles. The summed E-state index contributed by atoms with van der Waals surface area (Å²) in [7, 11) is 1.66. The molecular formula is C17H22N2O2S. The van der Waals surface area contributed by atoms with Crippen LogP contribution in [0.4, 0.5) is 0 Å². The van der Waals surface area contributed by atoms with Gasteiger partial charge in [0.05, 0.1) is 12.0 Å². The third kappa shape index (κ3) is 2.96. The van der Waals surface area contributed by atoms with Crippen LogP contribution in [0.5, 0.6) is 5.75 Å². The van der Waals surface area contributed by atoms with E-state index in [-0.39, 0.29) is 11.9 Å². The summed E-state index contributed by atoms with van der Waals surface area (Å²) in [5, 5.41) is 4.27. The third-order valence-electron chi connectivity index (χ3n) is 4.46. The second-order valence-electron chi connectivity index (χ2n) is 6.00. The summed E-state index contributed by atoms with van der Waals surface area (Å²) in [6.07, 6.45) is 3.94. The van der Waals surface area contributed by atoms with Crippen LogP contribution in [0.2, 0.25) is 0 Å². The van der Waals surface area contributed by atoms with E-state index in [1.165, 1.54) is 0 Å². The highest BCUT2D eigenvalue weighted by Crippen LogP contribution is 2.33. The number of fused-ring (bicyclic) bond motifs is 1. The average Bonchev–Trinajstić information content (AvgIpc) is 2.86. The molecule has 1 aromatic heterocycles. The summed E-state index contributed by atoms with van der Waals surface area (Å²) >= 11 is 1.55. The van der Waals surface area contributed by atoms with Crippen LogP contribution >= 0.6 is 11.3 Å². The molecule has 1 amide bonds. The number of methoxy groups -OCH3 is 1. The number of hydrogen-bond acceptors (Lipinski definition) is 4. The molecule has 1 aromatic carbocycles. The molecule has 1 fully saturated rings. The fourth-order valence-electron chi connectivity index (χ4n) is 3.06. The summed E-state index contributed by atoms with van der Waals surface area (Å²) in [6, 6.07) is 6.50. The Bertz CT molecular complexity index is 687. The number of ether oxygens (including phenoxy) is 1. The topological polar surface area (TPSA) is 64.3 Å². The van der Waals surface area contributed by atoms with Crippen molar-refractivity contribution in [3.05, 3.63) is 28.6 Å². The van der Waals surface area contributed by atoms with Gasteiger partial charge >= 0.3 is 0 Å². The first-order valence-corrected chi connectivity index (χ1v) is 8.53. The van der Waals surface area contributed by atoms with Crippen LogP contribution in [0.15, 0.2) is 18.2 Å². The number of benzene rings is 1. The highest BCUT2D eigenvalue weighted by atomic mass is 32.1. The van der Waals surface area contributed by atoms with Crippen LogP contribution in [0.3, 0.4) is 0 Å². The zero-order chi connectivity index (χ0) is 15.7. The Morgan fingerprint density at radius 2 is 2.05 bits per heavy atom. The molecule has 3 rings (SSSR count). The van der Waals surface area contributed by atoms with Gasteiger partial charge in [-0.2, -0.15) is 0 Å². The van der Waals surface area contributed by atoms with E-state index in [9.17, 15) is 4.79 Å². The van der Waals surface area contributed by atoms with E-state index in [0.29, 0.717) is 6.04 Å². The van der Waals surface area contributed by atoms with Crippen LogP contribution in [0, 0.1) is 6.92 Å². The van der Waals surface area contributed by atoms with Crippen LogP contribution in [0.25, 0.3) is 10.1 Å². The van der Waals surface area contributed by atoms with Crippen molar-refractivity contribution in [3.8, 4) is 5.75 Å². The quantitative estimate of drug-likeness (QED) is 0.913. The van der Waals surface area contributed by atoms with Gasteiger partial charge < -0.3 is 15.8 Å². The van der Waals surface area contributed by atoms with Crippen molar-refractivity contribution in [1.29, 1.82) is 0 Å². The Kier molecular flexibility index (Phi) is 4.36. The van der Waals surface area contributed by atoms with Gasteiger partial charge in [0.25, 0.3) is 5.91 Å². The Morgan fingerprint density at radius 3 is 2.73 bits per heavy atom. The first kappa shape index (κ1) is 15.3. The van der Waals surface area contributed by atoms with Gasteiger partial charge in [0.2, 0.25) is 0 Å². The molecule has 22 heavy (non-hydrogen) atoms. The van der Waals surface area contributed by atoms with E-state index in [1.54, 1.807) is 18.4 Å². The Labute approximate surface area is 134 Å². The fourth-order valence-corrected chi connectivity index (χ4v) is 4.15. The number of hydrogen-bond donors (Lipinski definition) is 2. The number of amides is 1. The molecule has 1 aliphatic rings. The summed E-state index contributed by atoms with van der Waals surface area (Å²) in [4.78, 5) is 13.4. The average molecular weight is 318 g/mol. The molecule has 1 aliphatic carbocycles. The number of carbonyl (C=O) groups excluding carboxylic acids is 1. The van der Waals surface area contributed by atoms with E-state index >= 15 is 0 Å². The number of rotatable bonds is 3. The van der Waals surface area contributed by atoms with Crippen molar-refractivity contribution in [2.24, 2.45) is 5.73 Å². The van der Waals surface area contributed by atoms with E-state index in [1.807, 2.05) is 25.1 Å². The second-order valence-corrected chi connectivity index (χ2v) is 7.06. The lowest BCUT2D eigenvalue weighted by Gasteiger charge is -2.26. The minimum absolute atomic E-state index is 0.0399. The van der Waals surface area contributed by atoms with Crippen LogP contribution in [-0.4, -0.2) is 25.1 Å². The van der Waals surface area contributed by atoms with Gasteiger partial charge in [0.15, 0.2) is 0 Å². The molecule has 4 nitrogen and oxygen atoms in total. The minimum Gasteiger partial charge on any atom is -0.497 e. The number of nitrogens with one attached hydrogen (secondary N) is 1. The number of thiophene rings is 1. The molecule has 118 valence electrons. The minimum atomic E-state index is 0.0399. The van der Waals surface area contributed by atoms with E-state index < -0.39 is 0 Å². The Hall–Kier alpha value is -1.59. The van der Waals surface area contributed by atoms with Gasteiger partial charge in [-0.25, -0.2) is 0 Å². The standard InChI is InChI=1S/C17H22N2O2S/c1-10-14-9-13(21-2)7-8-15(14)22-16(10)17(20)19-12-5-3-11(18)4-6-12/h7-9,11-12H,3-6,18H2,1-2H3,(H,19,20). The fraction of sp³-hybridized carbons (Fsp3) is 0.471. The molecule has 1 saturated carbocycles. The molecule has 0 spiro atoms. The van der Waals surface area contributed by atoms with Gasteiger partial charge in [0.1, 0.15) is 5.75 Å². The predicted octanol–water partition coefficient (Wildman–Crippen LogP) is 3.22. The highest BCUT2D eigenvalue weighted by Gasteiger charge is 2.22. The monoisotopic (exact) mass is 318 g/mol. The molecule has 0 saturated heterocycles. The number of nitrogens with two attached hydrogens (primary N) is 1. The normalized spacial score (nSPS) is 21.8. The lowest BCUT2D eigenvalue weighted by atomic mass is 9.92. The van der Waals surface area contributed by atoms with E-state index in [2.05, 4.69) is 5.32 Å². The van der Waals surface area contributed by atoms with Crippen LogP contribution in [0.1, 0.15) is 40.9 Å². The summed E-state index contributed by atoms with van der Waals surface area (Å²) in [6.45, 7) is 2.00. The van der Waals surface area contributed by atoms with Gasteiger partial charge in [-0.05, 0) is 61.8 Å². The molecule has 5 heteroatoms. The van der Waals surface area contributed by atoms with Gasteiger partial charge in [-0.3, -0.25) is 4.79 Å². The predicted molar refractivity (Wildman–Crippen MR) is 90.8 cm³/mol. The van der Waals surface area contributed by atoms with Crippen molar-refractivity contribution in [2.75, 3.05) is 7.11 Å². The van der Waals surface area contributed by atoms with Crippen molar-refractivity contribution >= 4 is 27.3 Å². The molecule has 1 heterocycles. The zero-order valence-electron chi connectivity index (χ0n) is 13.0. The first-order valence-electron chi connectivity index (χ1n) is 7.72. The molecule has 0 radical (unpaired) electrons. The molecule has 0 unspecified atom stereocenters. The largest absolute Gasteiger partial charge is 0.497 e. The number of aryl methyl sites for hydroxylation is 1. The Morgan fingerprint density at radius 1 is 1.32 bits per heavy atom. The van der Waals surface area contributed by atoms with Crippen molar-refractivity contribution in [3.63, 3.8) is 0 Å². The van der Waals surface area contributed by atoms with E-state index in [4.69, 9.17) is 10.5 Å². The van der Waals surface area contributed by atoms with Gasteiger partial charge in [-0.15, -0.1) is 11.3 Å². The maximum Gasteiger partial charge on any atom is 0.261 e. The van der Waals surface area contributed by atoms with Crippen LogP contribution < -0.4 is 15.8 Å². The van der Waals surface area contributed by atoms with Crippen molar-refractivity contribution < 1.29 is 9.53 Å². The highest BCUT2D eigenvalue weighted by molar-refractivity contribution is 7.21. The molecular weight excluding hydrogens is 296 g/mol. The smallest absolute Gasteiger partial charge is 0.261 e. The lowest BCUT2D eigenvalue weighted by Crippen LogP contribution is -2.40. The van der Waals surface area contributed by atoms with Crippen LogP contribution in [-0.2, 0) is 0 Å². The van der Waals surface area contributed by atoms with Crippen molar-refractivity contribution in [2.45, 2.75) is 44.7 Å². The summed E-state index contributed by atoms with van der Waals surface area (Å²) < 4.78 is 6.39. The SMILES string of the molecule is COc1ccc2sc(C(=O)NC3CCC(N)CC3)c(C)c2c1. The zero-order valence-corrected chi connectivity index (χ0v) is 13.8. The van der Waals surface area contributed by atoms with E-state index in [0.717, 1.165) is 52.0 Å². The van der Waals surface area contributed by atoms with Crippen molar-refractivity contribution in [1.82, 2.24) is 5.32 Å². The third-order valence-corrected chi connectivity index (χ3v) is 5.73. The second kappa shape index (κ2) is 6.26. The molecule has 3 N–H and O–H groups in total. The Balaban J connectivity index is 1.80. The maximum atomic E-state index is 12.6. The summed E-state index contributed by atoms with van der Waals surface area (Å²) in [5.74, 6) is 0.861. The molecule has 0 bridgehead atoms. The molecule has 0 atom stereocenters. The maximum absolute atomic E-state index is 12.6. The molecule has 2 aromatic rings. The number of carbonyl (C=O) groups is 1.